The van der Waals surface area contributed by atoms with E-state index in [9.17, 15) is 0 Å². The average Bonchev–Trinajstić information content (AvgIpc) is 2.01. The molecule has 0 radical (unpaired) electrons. The molecule has 1 N–H and O–H groups in total. The maximum atomic E-state index is 5.34. The number of rotatable bonds is 6. The molecule has 0 aromatic rings. The van der Waals surface area contributed by atoms with Crippen molar-refractivity contribution >= 4 is 11.6 Å². The Morgan fingerprint density at radius 1 is 1.64 bits per heavy atom. The van der Waals surface area contributed by atoms with Crippen molar-refractivity contribution in [2.75, 3.05) is 19.8 Å². The summed E-state index contributed by atoms with van der Waals surface area (Å²) < 4.78 is 5.21. The summed E-state index contributed by atoms with van der Waals surface area (Å²) in [7, 11) is 0. The van der Waals surface area contributed by atoms with E-state index in [2.05, 4.69) is 12.2 Å². The molecule has 66 valence electrons. The minimum atomic E-state index is 0.391. The van der Waals surface area contributed by atoms with Crippen molar-refractivity contribution in [1.29, 1.82) is 0 Å². The number of hydrogen-bond acceptors (Lipinski definition) is 2. The Kier molecular flexibility index (Phi) is 8.01. The number of nitrogens with one attached hydrogen (secondary N) is 1. The van der Waals surface area contributed by atoms with Gasteiger partial charge in [-0.1, -0.05) is 17.7 Å². The van der Waals surface area contributed by atoms with Crippen LogP contribution in [0.4, 0.5) is 0 Å². The third kappa shape index (κ3) is 7.85. The molecule has 0 saturated carbocycles. The molecule has 0 bridgehead atoms. The summed E-state index contributed by atoms with van der Waals surface area (Å²) in [5.41, 5.74) is 1.51. The molecule has 1 atom stereocenters. The molecule has 0 aromatic carbocycles. The smallest absolute Gasteiger partial charge is 0.0616 e. The van der Waals surface area contributed by atoms with E-state index in [0.29, 0.717) is 6.04 Å². The van der Waals surface area contributed by atoms with Crippen LogP contribution in [0.25, 0.3) is 0 Å². The van der Waals surface area contributed by atoms with Crippen molar-refractivity contribution in [3.05, 3.63) is 11.6 Å². The van der Waals surface area contributed by atoms with E-state index in [0.717, 1.165) is 19.8 Å². The molecule has 1 unspecified atom stereocenters. The normalized spacial score (nSPS) is 14.1. The molecule has 0 heterocycles. The first-order valence-electron chi connectivity index (χ1n) is 3.87. The lowest BCUT2D eigenvalue weighted by Gasteiger charge is -2.11. The van der Waals surface area contributed by atoms with Crippen LogP contribution in [0.1, 0.15) is 13.8 Å². The third-order valence-electron chi connectivity index (χ3n) is 1.25. The highest BCUT2D eigenvalue weighted by Gasteiger charge is 1.96. The largest absolute Gasteiger partial charge is 0.380 e. The van der Waals surface area contributed by atoms with Gasteiger partial charge in [-0.25, -0.2) is 0 Å². The van der Waals surface area contributed by atoms with Crippen molar-refractivity contribution in [3.8, 4) is 0 Å². The van der Waals surface area contributed by atoms with E-state index >= 15 is 0 Å². The molecule has 0 aromatic heterocycles. The van der Waals surface area contributed by atoms with E-state index < -0.39 is 0 Å². The molecule has 0 aliphatic carbocycles. The predicted octanol–water partition coefficient (Wildman–Crippen LogP) is 1.75. The predicted molar refractivity (Wildman–Crippen MR) is 49.0 cm³/mol. The van der Waals surface area contributed by atoms with Gasteiger partial charge in [0.1, 0.15) is 0 Å². The molecule has 3 heteroatoms. The van der Waals surface area contributed by atoms with Gasteiger partial charge in [-0.05, 0) is 13.8 Å². The van der Waals surface area contributed by atoms with Gasteiger partial charge < -0.3 is 10.1 Å². The van der Waals surface area contributed by atoms with Crippen LogP contribution in [0.2, 0.25) is 0 Å². The highest BCUT2D eigenvalue weighted by molar-refractivity contribution is 6.25. The molecule has 0 aliphatic rings. The Morgan fingerprint density at radius 3 is 2.91 bits per heavy atom. The van der Waals surface area contributed by atoms with Crippen molar-refractivity contribution in [1.82, 2.24) is 5.32 Å². The molecule has 0 aliphatic heterocycles. The number of hydrogen-bond donors (Lipinski definition) is 1. The Hall–Kier alpha value is -0.0500. The Bertz CT molecular complexity index is 106. The summed E-state index contributed by atoms with van der Waals surface area (Å²) in [6.45, 7) is 6.41. The van der Waals surface area contributed by atoms with Gasteiger partial charge >= 0.3 is 0 Å². The Labute approximate surface area is 73.6 Å². The second-order valence-electron chi connectivity index (χ2n) is 2.33. The van der Waals surface area contributed by atoms with Gasteiger partial charge in [0, 0.05) is 24.7 Å². The fraction of sp³-hybridized carbons (Fsp3) is 0.750. The summed E-state index contributed by atoms with van der Waals surface area (Å²) in [5.74, 6) is 0. The van der Waals surface area contributed by atoms with Gasteiger partial charge in [-0.2, -0.15) is 0 Å². The summed E-state index contributed by atoms with van der Waals surface area (Å²) >= 11 is 5.34. The molecule has 0 amide bonds. The zero-order valence-corrected chi connectivity index (χ0v) is 7.90. The summed E-state index contributed by atoms with van der Waals surface area (Å²) in [5, 5.41) is 3.22. The quantitative estimate of drug-likeness (QED) is 0.668. The lowest BCUT2D eigenvalue weighted by molar-refractivity contribution is 0.128. The third-order valence-corrected chi connectivity index (χ3v) is 1.42. The maximum absolute atomic E-state index is 5.34. The van der Waals surface area contributed by atoms with E-state index in [4.69, 9.17) is 16.3 Å². The van der Waals surface area contributed by atoms with Crippen LogP contribution >= 0.6 is 11.6 Å². The number of ether oxygens (including phenoxy) is 1. The van der Waals surface area contributed by atoms with E-state index in [1.54, 1.807) is 0 Å². The minimum absolute atomic E-state index is 0.391. The lowest BCUT2D eigenvalue weighted by Crippen LogP contribution is -2.30. The van der Waals surface area contributed by atoms with Crippen LogP contribution in [0.15, 0.2) is 11.6 Å². The molecular weight excluding hydrogens is 162 g/mol. The molecule has 0 rings (SSSR count). The number of halogens is 1. The van der Waals surface area contributed by atoms with Gasteiger partial charge in [0.25, 0.3) is 0 Å². The molecule has 2 nitrogen and oxygen atoms in total. The summed E-state index contributed by atoms with van der Waals surface area (Å²) in [6.07, 6.45) is 1.87. The second kappa shape index (κ2) is 8.05. The zero-order valence-electron chi connectivity index (χ0n) is 7.14. The molecule has 11 heavy (non-hydrogen) atoms. The summed E-state index contributed by atoms with van der Waals surface area (Å²) in [6, 6.07) is 0.391. The molecule has 0 spiro atoms. The fourth-order valence-corrected chi connectivity index (χ4v) is 0.756. The van der Waals surface area contributed by atoms with Crippen molar-refractivity contribution in [2.24, 2.45) is 0 Å². The topological polar surface area (TPSA) is 21.3 Å². The van der Waals surface area contributed by atoms with Crippen molar-refractivity contribution < 1.29 is 4.74 Å². The van der Waals surface area contributed by atoms with E-state index in [1.807, 2.05) is 13.0 Å². The van der Waals surface area contributed by atoms with Gasteiger partial charge in [0.05, 0.1) is 6.61 Å². The lowest BCUT2D eigenvalue weighted by atomic mass is 10.3. The SMILES string of the molecule is CCOCC(C)NC/C=C/Cl. The first kappa shape index (κ1) is 11.0. The van der Waals surface area contributed by atoms with E-state index in [-0.39, 0.29) is 0 Å². The van der Waals surface area contributed by atoms with Crippen LogP contribution in [0.3, 0.4) is 0 Å². The maximum Gasteiger partial charge on any atom is 0.0616 e. The second-order valence-corrected chi connectivity index (χ2v) is 2.58. The highest BCUT2D eigenvalue weighted by atomic mass is 35.5. The van der Waals surface area contributed by atoms with Crippen LogP contribution in [0, 0.1) is 0 Å². The zero-order chi connectivity index (χ0) is 8.53. The molecule has 0 fully saturated rings. The van der Waals surface area contributed by atoms with Gasteiger partial charge in [0.15, 0.2) is 0 Å². The molecular formula is C8H16ClNO. The van der Waals surface area contributed by atoms with Crippen LogP contribution in [-0.2, 0) is 4.74 Å². The summed E-state index contributed by atoms with van der Waals surface area (Å²) in [4.78, 5) is 0. The monoisotopic (exact) mass is 177 g/mol. The van der Waals surface area contributed by atoms with Crippen LogP contribution in [0.5, 0.6) is 0 Å². The van der Waals surface area contributed by atoms with Gasteiger partial charge in [-0.15, -0.1) is 0 Å². The van der Waals surface area contributed by atoms with Gasteiger partial charge in [-0.3, -0.25) is 0 Å². The van der Waals surface area contributed by atoms with Crippen LogP contribution < -0.4 is 5.32 Å². The first-order valence-corrected chi connectivity index (χ1v) is 4.31. The fourth-order valence-electron chi connectivity index (χ4n) is 0.667. The highest BCUT2D eigenvalue weighted by Crippen LogP contribution is 1.84. The molecule has 0 saturated heterocycles. The standard InChI is InChI=1S/C8H16ClNO/c1-3-11-7-8(2)10-6-4-5-9/h4-5,8,10H,3,6-7H2,1-2H3/b5-4+. The average molecular weight is 178 g/mol. The Morgan fingerprint density at radius 2 is 2.36 bits per heavy atom. The first-order chi connectivity index (χ1) is 5.31. The van der Waals surface area contributed by atoms with Crippen LogP contribution in [-0.4, -0.2) is 25.8 Å². The van der Waals surface area contributed by atoms with E-state index in [1.165, 1.54) is 5.54 Å². The Balaban J connectivity index is 3.15. The van der Waals surface area contributed by atoms with Crippen molar-refractivity contribution in [3.63, 3.8) is 0 Å². The minimum Gasteiger partial charge on any atom is -0.380 e. The van der Waals surface area contributed by atoms with Crippen molar-refractivity contribution in [2.45, 2.75) is 19.9 Å². The van der Waals surface area contributed by atoms with Gasteiger partial charge in [0.2, 0.25) is 0 Å².